The van der Waals surface area contributed by atoms with Crippen molar-refractivity contribution in [1.82, 2.24) is 10.2 Å². The first kappa shape index (κ1) is 9.93. The van der Waals surface area contributed by atoms with Gasteiger partial charge >= 0.3 is 0 Å². The predicted molar refractivity (Wildman–Crippen MR) is 54.8 cm³/mol. The van der Waals surface area contributed by atoms with Gasteiger partial charge in [0.25, 0.3) is 0 Å². The summed E-state index contributed by atoms with van der Waals surface area (Å²) in [5.41, 5.74) is 5.41. The van der Waals surface area contributed by atoms with E-state index in [1.54, 1.807) is 0 Å². The molecule has 1 heterocycles. The summed E-state index contributed by atoms with van der Waals surface area (Å²) >= 11 is 0. The van der Waals surface area contributed by atoms with Gasteiger partial charge in [-0.1, -0.05) is 0 Å². The van der Waals surface area contributed by atoms with Crippen molar-refractivity contribution < 1.29 is 4.79 Å². The standard InChI is InChI=1S/C10H19N3O/c1-12-8-3-2-6-13(7-8)9(14)10(11)4-5-10/h8,12H,2-7,11H2,1H3. The lowest BCUT2D eigenvalue weighted by Crippen LogP contribution is -2.53. The summed E-state index contributed by atoms with van der Waals surface area (Å²) < 4.78 is 0. The summed E-state index contributed by atoms with van der Waals surface area (Å²) in [7, 11) is 1.95. The number of piperidine rings is 1. The highest BCUT2D eigenvalue weighted by Gasteiger charge is 2.48. The van der Waals surface area contributed by atoms with Crippen molar-refractivity contribution in [3.05, 3.63) is 0 Å². The largest absolute Gasteiger partial charge is 0.340 e. The molecule has 1 saturated carbocycles. The minimum absolute atomic E-state index is 0.164. The zero-order chi connectivity index (χ0) is 10.2. The topological polar surface area (TPSA) is 58.4 Å². The van der Waals surface area contributed by atoms with Gasteiger partial charge in [0, 0.05) is 19.1 Å². The Bertz CT molecular complexity index is 238. The molecule has 14 heavy (non-hydrogen) atoms. The smallest absolute Gasteiger partial charge is 0.242 e. The van der Waals surface area contributed by atoms with E-state index in [2.05, 4.69) is 5.32 Å². The monoisotopic (exact) mass is 197 g/mol. The van der Waals surface area contributed by atoms with Crippen LogP contribution in [0.1, 0.15) is 25.7 Å². The molecule has 0 radical (unpaired) electrons. The van der Waals surface area contributed by atoms with Crippen LogP contribution in [-0.2, 0) is 4.79 Å². The van der Waals surface area contributed by atoms with Crippen LogP contribution < -0.4 is 11.1 Å². The molecule has 1 amide bonds. The van der Waals surface area contributed by atoms with Crippen LogP contribution >= 0.6 is 0 Å². The zero-order valence-electron chi connectivity index (χ0n) is 8.75. The van der Waals surface area contributed by atoms with Crippen molar-refractivity contribution in [3.8, 4) is 0 Å². The first-order chi connectivity index (χ1) is 6.65. The first-order valence-corrected chi connectivity index (χ1v) is 5.41. The number of nitrogens with one attached hydrogen (secondary N) is 1. The molecule has 1 atom stereocenters. The number of likely N-dealkylation sites (N-methyl/N-ethyl adjacent to an activating group) is 1. The quantitative estimate of drug-likeness (QED) is 0.638. The number of carbonyl (C=O) groups excluding carboxylic acids is 1. The Balaban J connectivity index is 1.93. The normalized spacial score (nSPS) is 30.1. The highest BCUT2D eigenvalue weighted by Crippen LogP contribution is 2.34. The molecular weight excluding hydrogens is 178 g/mol. The van der Waals surface area contributed by atoms with Crippen molar-refractivity contribution >= 4 is 5.91 Å². The fraction of sp³-hybridized carbons (Fsp3) is 0.900. The molecular formula is C10H19N3O. The minimum atomic E-state index is -0.490. The maximum atomic E-state index is 11.9. The molecule has 2 fully saturated rings. The summed E-state index contributed by atoms with van der Waals surface area (Å²) in [6, 6.07) is 0.454. The van der Waals surface area contributed by atoms with Crippen molar-refractivity contribution in [2.24, 2.45) is 5.73 Å². The van der Waals surface area contributed by atoms with Crippen LogP contribution in [0.3, 0.4) is 0 Å². The van der Waals surface area contributed by atoms with Crippen molar-refractivity contribution in [2.75, 3.05) is 20.1 Å². The molecule has 80 valence electrons. The summed E-state index contributed by atoms with van der Waals surface area (Å²) in [6.45, 7) is 1.71. The van der Waals surface area contributed by atoms with Gasteiger partial charge in [0.2, 0.25) is 5.91 Å². The number of carbonyl (C=O) groups is 1. The van der Waals surface area contributed by atoms with Crippen molar-refractivity contribution in [3.63, 3.8) is 0 Å². The molecule has 0 spiro atoms. The summed E-state index contributed by atoms with van der Waals surface area (Å²) in [5, 5.41) is 3.23. The number of likely N-dealkylation sites (tertiary alicyclic amines) is 1. The third-order valence-electron chi connectivity index (χ3n) is 3.33. The fourth-order valence-corrected chi connectivity index (χ4v) is 2.06. The van der Waals surface area contributed by atoms with E-state index in [1.807, 2.05) is 11.9 Å². The van der Waals surface area contributed by atoms with E-state index in [1.165, 1.54) is 0 Å². The molecule has 0 aromatic rings. The molecule has 0 aromatic heterocycles. The molecule has 4 nitrogen and oxygen atoms in total. The Morgan fingerprint density at radius 3 is 2.86 bits per heavy atom. The van der Waals surface area contributed by atoms with Crippen LogP contribution in [0, 0.1) is 0 Å². The third kappa shape index (κ3) is 1.77. The molecule has 4 heteroatoms. The van der Waals surface area contributed by atoms with Gasteiger partial charge in [-0.15, -0.1) is 0 Å². The lowest BCUT2D eigenvalue weighted by atomic mass is 10.0. The SMILES string of the molecule is CNC1CCCN(C(=O)C2(N)CC2)C1. The maximum absolute atomic E-state index is 11.9. The summed E-state index contributed by atoms with van der Waals surface area (Å²) in [6.07, 6.45) is 3.99. The highest BCUT2D eigenvalue weighted by molar-refractivity contribution is 5.89. The second-order valence-corrected chi connectivity index (χ2v) is 4.54. The van der Waals surface area contributed by atoms with Gasteiger partial charge < -0.3 is 16.0 Å². The lowest BCUT2D eigenvalue weighted by Gasteiger charge is -2.34. The second kappa shape index (κ2) is 3.51. The Hall–Kier alpha value is -0.610. The molecule has 1 saturated heterocycles. The average Bonchev–Trinajstić information content (AvgIpc) is 2.97. The van der Waals surface area contributed by atoms with E-state index in [0.29, 0.717) is 6.04 Å². The highest BCUT2D eigenvalue weighted by atomic mass is 16.2. The molecule has 2 aliphatic rings. The number of nitrogens with zero attached hydrogens (tertiary/aromatic N) is 1. The number of amides is 1. The molecule has 1 unspecified atom stereocenters. The second-order valence-electron chi connectivity index (χ2n) is 4.54. The van der Waals surface area contributed by atoms with Crippen molar-refractivity contribution in [1.29, 1.82) is 0 Å². The molecule has 3 N–H and O–H groups in total. The molecule has 1 aliphatic heterocycles. The van der Waals surface area contributed by atoms with Crippen LogP contribution in [0.4, 0.5) is 0 Å². The van der Waals surface area contributed by atoms with Gasteiger partial charge in [0.1, 0.15) is 0 Å². The van der Waals surface area contributed by atoms with E-state index in [9.17, 15) is 4.79 Å². The van der Waals surface area contributed by atoms with Gasteiger partial charge in [-0.25, -0.2) is 0 Å². The lowest BCUT2D eigenvalue weighted by molar-refractivity contribution is -0.134. The first-order valence-electron chi connectivity index (χ1n) is 5.41. The Morgan fingerprint density at radius 1 is 1.57 bits per heavy atom. The Labute approximate surface area is 84.8 Å². The van der Waals surface area contributed by atoms with Gasteiger partial charge in [0.05, 0.1) is 5.54 Å². The van der Waals surface area contributed by atoms with Gasteiger partial charge in [-0.2, -0.15) is 0 Å². The summed E-state index contributed by atoms with van der Waals surface area (Å²) in [4.78, 5) is 13.8. The maximum Gasteiger partial charge on any atom is 0.242 e. The molecule has 2 rings (SSSR count). The minimum Gasteiger partial charge on any atom is -0.340 e. The number of rotatable bonds is 2. The van der Waals surface area contributed by atoms with E-state index in [4.69, 9.17) is 5.73 Å². The van der Waals surface area contributed by atoms with Gasteiger partial charge in [-0.05, 0) is 32.7 Å². The third-order valence-corrected chi connectivity index (χ3v) is 3.33. The number of nitrogens with two attached hydrogens (primary N) is 1. The van der Waals surface area contributed by atoms with E-state index in [0.717, 1.165) is 38.8 Å². The zero-order valence-corrected chi connectivity index (χ0v) is 8.75. The van der Waals surface area contributed by atoms with Crippen molar-refractivity contribution in [2.45, 2.75) is 37.3 Å². The van der Waals surface area contributed by atoms with E-state index in [-0.39, 0.29) is 5.91 Å². The fourth-order valence-electron chi connectivity index (χ4n) is 2.06. The molecule has 0 bridgehead atoms. The Morgan fingerprint density at radius 2 is 2.29 bits per heavy atom. The van der Waals surface area contributed by atoms with Gasteiger partial charge in [0.15, 0.2) is 0 Å². The van der Waals surface area contributed by atoms with Crippen LogP contribution in [0.2, 0.25) is 0 Å². The van der Waals surface area contributed by atoms with Crippen LogP contribution in [0.15, 0.2) is 0 Å². The van der Waals surface area contributed by atoms with Crippen LogP contribution in [0.5, 0.6) is 0 Å². The molecule has 1 aliphatic carbocycles. The van der Waals surface area contributed by atoms with E-state index >= 15 is 0 Å². The molecule has 0 aromatic carbocycles. The average molecular weight is 197 g/mol. The summed E-state index contributed by atoms with van der Waals surface area (Å²) in [5.74, 6) is 0.164. The van der Waals surface area contributed by atoms with Crippen LogP contribution in [-0.4, -0.2) is 42.5 Å². The van der Waals surface area contributed by atoms with Gasteiger partial charge in [-0.3, -0.25) is 4.79 Å². The number of hydrogen-bond acceptors (Lipinski definition) is 3. The predicted octanol–water partition coefficient (Wildman–Crippen LogP) is -0.312. The van der Waals surface area contributed by atoms with Crippen LogP contribution in [0.25, 0.3) is 0 Å². The number of hydrogen-bond donors (Lipinski definition) is 2. The van der Waals surface area contributed by atoms with E-state index < -0.39 is 5.54 Å². The Kier molecular flexibility index (Phi) is 2.49.